The number of halogens is 3. The molecule has 0 amide bonds. The van der Waals surface area contributed by atoms with Crippen LogP contribution in [0.3, 0.4) is 0 Å². The van der Waals surface area contributed by atoms with Crippen molar-refractivity contribution < 1.29 is 27.2 Å². The van der Waals surface area contributed by atoms with Gasteiger partial charge >= 0.3 is 13.5 Å². The molecule has 1 heterocycles. The summed E-state index contributed by atoms with van der Waals surface area (Å²) in [7, 11) is -0.443. The average molecular weight is 378 g/mol. The lowest BCUT2D eigenvalue weighted by Gasteiger charge is -2.35. The van der Waals surface area contributed by atoms with Crippen molar-refractivity contribution in [3.8, 4) is 16.9 Å². The standard InChI is InChI=1S/C20H22BF3O3/c1-5-19(4)18(2,3)26-21(27-19)16-10-6-14(7-11-16)15-8-12-17(13-9-15)25-20(22,23)24/h6-13H,5H2,1-4H3. The molecule has 0 radical (unpaired) electrons. The highest BCUT2D eigenvalue weighted by atomic mass is 19.4. The lowest BCUT2D eigenvalue weighted by Crippen LogP contribution is -2.44. The molecule has 0 aromatic heterocycles. The lowest BCUT2D eigenvalue weighted by molar-refractivity contribution is -0.274. The zero-order valence-electron chi connectivity index (χ0n) is 15.8. The summed E-state index contributed by atoms with van der Waals surface area (Å²) in [4.78, 5) is 0. The van der Waals surface area contributed by atoms with Crippen molar-refractivity contribution in [3.63, 3.8) is 0 Å². The molecule has 27 heavy (non-hydrogen) atoms. The third-order valence-corrected chi connectivity index (χ3v) is 5.32. The first-order valence-corrected chi connectivity index (χ1v) is 8.85. The zero-order valence-corrected chi connectivity index (χ0v) is 15.8. The van der Waals surface area contributed by atoms with E-state index in [9.17, 15) is 13.2 Å². The predicted octanol–water partition coefficient (Wildman–Crippen LogP) is 4.94. The summed E-state index contributed by atoms with van der Waals surface area (Å²) in [6, 6.07) is 13.4. The molecule has 144 valence electrons. The van der Waals surface area contributed by atoms with Crippen LogP contribution in [0.2, 0.25) is 0 Å². The molecule has 3 rings (SSSR count). The molecular weight excluding hydrogens is 356 g/mol. The highest BCUT2D eigenvalue weighted by Gasteiger charge is 2.53. The summed E-state index contributed by atoms with van der Waals surface area (Å²) in [6.07, 6.45) is -3.86. The molecule has 3 nitrogen and oxygen atoms in total. The SMILES string of the molecule is CCC1(C)OB(c2ccc(-c3ccc(OC(F)(F)F)cc3)cc2)OC1(C)C. The molecule has 1 atom stereocenters. The van der Waals surface area contributed by atoms with Crippen molar-refractivity contribution in [3.05, 3.63) is 48.5 Å². The summed E-state index contributed by atoms with van der Waals surface area (Å²) < 4.78 is 52.9. The molecule has 0 bridgehead atoms. The third kappa shape index (κ3) is 4.14. The Morgan fingerprint density at radius 1 is 0.889 bits per heavy atom. The first-order valence-electron chi connectivity index (χ1n) is 8.85. The van der Waals surface area contributed by atoms with Crippen LogP contribution in [0.15, 0.2) is 48.5 Å². The van der Waals surface area contributed by atoms with Gasteiger partial charge in [0.2, 0.25) is 0 Å². The van der Waals surface area contributed by atoms with Crippen LogP contribution in [0.1, 0.15) is 34.1 Å². The summed E-state index contributed by atoms with van der Waals surface area (Å²) in [5, 5.41) is 0. The van der Waals surface area contributed by atoms with Gasteiger partial charge in [-0.05, 0) is 55.9 Å². The number of ether oxygens (including phenoxy) is 1. The minimum Gasteiger partial charge on any atom is -0.406 e. The zero-order chi connectivity index (χ0) is 19.9. The van der Waals surface area contributed by atoms with Gasteiger partial charge < -0.3 is 14.0 Å². The molecule has 1 aliphatic rings. The maximum atomic E-state index is 12.2. The Balaban J connectivity index is 1.75. The van der Waals surface area contributed by atoms with Gasteiger partial charge in [0.1, 0.15) is 5.75 Å². The predicted molar refractivity (Wildman–Crippen MR) is 98.9 cm³/mol. The van der Waals surface area contributed by atoms with Crippen LogP contribution in [-0.2, 0) is 9.31 Å². The number of alkyl halides is 3. The molecule has 0 aliphatic carbocycles. The highest BCUT2D eigenvalue weighted by molar-refractivity contribution is 6.62. The summed E-state index contributed by atoms with van der Waals surface area (Å²) >= 11 is 0. The van der Waals surface area contributed by atoms with E-state index < -0.39 is 19.1 Å². The van der Waals surface area contributed by atoms with Crippen LogP contribution in [0.5, 0.6) is 5.75 Å². The van der Waals surface area contributed by atoms with Crippen LogP contribution in [0.25, 0.3) is 11.1 Å². The molecule has 0 saturated carbocycles. The smallest absolute Gasteiger partial charge is 0.406 e. The normalized spacial score (nSPS) is 22.1. The average Bonchev–Trinajstić information content (AvgIpc) is 2.84. The topological polar surface area (TPSA) is 27.7 Å². The lowest BCUT2D eigenvalue weighted by atomic mass is 9.78. The van der Waals surface area contributed by atoms with Crippen LogP contribution in [0.4, 0.5) is 13.2 Å². The first kappa shape index (κ1) is 19.8. The van der Waals surface area contributed by atoms with Crippen molar-refractivity contribution in [2.45, 2.75) is 51.7 Å². The van der Waals surface area contributed by atoms with Crippen molar-refractivity contribution in [2.75, 3.05) is 0 Å². The number of hydrogen-bond acceptors (Lipinski definition) is 3. The second kappa shape index (κ2) is 6.87. The van der Waals surface area contributed by atoms with Crippen molar-refractivity contribution in [1.82, 2.24) is 0 Å². The fourth-order valence-electron chi connectivity index (χ4n) is 3.12. The van der Waals surface area contributed by atoms with Crippen molar-refractivity contribution in [2.24, 2.45) is 0 Å². The molecule has 2 aromatic rings. The Labute approximate surface area is 157 Å². The Bertz CT molecular complexity index is 788. The molecule has 1 saturated heterocycles. The van der Waals surface area contributed by atoms with Gasteiger partial charge in [0.15, 0.2) is 0 Å². The number of rotatable bonds is 4. The van der Waals surface area contributed by atoms with Gasteiger partial charge in [-0.3, -0.25) is 0 Å². The number of benzene rings is 2. The van der Waals surface area contributed by atoms with Crippen molar-refractivity contribution >= 4 is 12.6 Å². The van der Waals surface area contributed by atoms with Gasteiger partial charge in [-0.1, -0.05) is 43.3 Å². The van der Waals surface area contributed by atoms with Crippen LogP contribution in [-0.4, -0.2) is 24.7 Å². The van der Waals surface area contributed by atoms with E-state index >= 15 is 0 Å². The van der Waals surface area contributed by atoms with E-state index in [2.05, 4.69) is 11.7 Å². The second-order valence-corrected chi connectivity index (χ2v) is 7.36. The quantitative estimate of drug-likeness (QED) is 0.706. The largest absolute Gasteiger partial charge is 0.573 e. The first-order chi connectivity index (χ1) is 12.5. The van der Waals surface area contributed by atoms with E-state index in [4.69, 9.17) is 9.31 Å². The van der Waals surface area contributed by atoms with Gasteiger partial charge in [0.25, 0.3) is 0 Å². The molecule has 7 heteroatoms. The van der Waals surface area contributed by atoms with E-state index in [1.165, 1.54) is 12.1 Å². The summed E-state index contributed by atoms with van der Waals surface area (Å²) in [5.41, 5.74) is 1.81. The molecule has 2 aromatic carbocycles. The van der Waals surface area contributed by atoms with Gasteiger partial charge in [-0.25, -0.2) is 0 Å². The van der Waals surface area contributed by atoms with Gasteiger partial charge in [0.05, 0.1) is 11.2 Å². The van der Waals surface area contributed by atoms with Gasteiger partial charge in [-0.2, -0.15) is 0 Å². The minimum absolute atomic E-state index is 0.239. The second-order valence-electron chi connectivity index (χ2n) is 7.36. The van der Waals surface area contributed by atoms with Gasteiger partial charge in [0, 0.05) is 0 Å². The Kier molecular flexibility index (Phi) is 5.03. The van der Waals surface area contributed by atoms with Crippen LogP contribution < -0.4 is 10.2 Å². The molecule has 0 spiro atoms. The van der Waals surface area contributed by atoms with Gasteiger partial charge in [-0.15, -0.1) is 13.2 Å². The van der Waals surface area contributed by atoms with E-state index in [-0.39, 0.29) is 11.4 Å². The molecular formula is C20H22BF3O3. The van der Waals surface area contributed by atoms with E-state index in [0.717, 1.165) is 23.0 Å². The minimum atomic E-state index is -4.69. The highest BCUT2D eigenvalue weighted by Crippen LogP contribution is 2.39. The Morgan fingerprint density at radius 2 is 1.41 bits per heavy atom. The van der Waals surface area contributed by atoms with E-state index in [0.29, 0.717) is 0 Å². The molecule has 1 fully saturated rings. The molecule has 1 unspecified atom stereocenters. The van der Waals surface area contributed by atoms with Crippen LogP contribution >= 0.6 is 0 Å². The van der Waals surface area contributed by atoms with Crippen molar-refractivity contribution in [1.29, 1.82) is 0 Å². The molecule has 0 N–H and O–H groups in total. The third-order valence-electron chi connectivity index (χ3n) is 5.32. The fourth-order valence-corrected chi connectivity index (χ4v) is 3.12. The number of hydrogen-bond donors (Lipinski definition) is 0. The van der Waals surface area contributed by atoms with E-state index in [1.807, 2.05) is 45.0 Å². The van der Waals surface area contributed by atoms with E-state index in [1.54, 1.807) is 12.1 Å². The fraction of sp³-hybridized carbons (Fsp3) is 0.400. The summed E-state index contributed by atoms with van der Waals surface area (Å²) in [6.45, 7) is 8.17. The summed E-state index contributed by atoms with van der Waals surface area (Å²) in [5.74, 6) is -0.239. The monoisotopic (exact) mass is 378 g/mol. The van der Waals surface area contributed by atoms with Crippen LogP contribution in [0, 0.1) is 0 Å². The Morgan fingerprint density at radius 3 is 1.85 bits per heavy atom. The Hall–Kier alpha value is -1.99. The maximum absolute atomic E-state index is 12.2. The molecule has 1 aliphatic heterocycles. The maximum Gasteiger partial charge on any atom is 0.573 e.